The summed E-state index contributed by atoms with van der Waals surface area (Å²) in [5.74, 6) is 4.79. The number of fused-ring (bicyclic) bond motifs is 1. The molecule has 0 amide bonds. The van der Waals surface area contributed by atoms with E-state index in [1.807, 2.05) is 0 Å². The zero-order chi connectivity index (χ0) is 20.8. The summed E-state index contributed by atoms with van der Waals surface area (Å²) in [5, 5.41) is 0. The highest BCUT2D eigenvalue weighted by molar-refractivity contribution is 5.29. The quantitative estimate of drug-likeness (QED) is 0.381. The van der Waals surface area contributed by atoms with Gasteiger partial charge in [0.25, 0.3) is 0 Å². The van der Waals surface area contributed by atoms with E-state index in [1.165, 1.54) is 89.0 Å². The molecule has 0 heterocycles. The van der Waals surface area contributed by atoms with Crippen molar-refractivity contribution in [3.05, 3.63) is 29.8 Å². The van der Waals surface area contributed by atoms with Crippen LogP contribution in [0.1, 0.15) is 109 Å². The molecule has 3 aliphatic rings. The molecule has 2 nitrogen and oxygen atoms in total. The normalized spacial score (nSPS) is 29.3. The summed E-state index contributed by atoms with van der Waals surface area (Å²) < 4.78 is 13.1. The second-order valence-electron chi connectivity index (χ2n) is 10.5. The minimum atomic E-state index is -0.0591. The third-order valence-electron chi connectivity index (χ3n) is 8.58. The van der Waals surface area contributed by atoms with Crippen LogP contribution in [0.5, 0.6) is 5.75 Å². The van der Waals surface area contributed by atoms with Crippen LogP contribution in [0.15, 0.2) is 24.3 Å². The largest absolute Gasteiger partial charge is 0.465 e. The topological polar surface area (TPSA) is 18.5 Å². The summed E-state index contributed by atoms with van der Waals surface area (Å²) in [6.45, 7) is 5.43. The van der Waals surface area contributed by atoms with E-state index in [2.05, 4.69) is 38.1 Å². The van der Waals surface area contributed by atoms with Crippen molar-refractivity contribution in [2.45, 2.75) is 110 Å². The standard InChI is InChI=1S/C28H44O2/c1-3-21(2)23-13-16-25(17-14-23)30-28(29-20-19-22-9-5-4-6-10-22)27-18-15-24-11-7-8-12-26(24)27/h13-14,16-17,21-22,24,26-28H,3-12,15,18-20H2,1-2H3. The molecule has 0 saturated heterocycles. The molecule has 5 unspecified atom stereocenters. The van der Waals surface area contributed by atoms with E-state index in [9.17, 15) is 0 Å². The molecular formula is C28H44O2. The van der Waals surface area contributed by atoms with Gasteiger partial charge in [0.1, 0.15) is 5.75 Å². The van der Waals surface area contributed by atoms with Crippen LogP contribution in [0.4, 0.5) is 0 Å². The zero-order valence-electron chi connectivity index (χ0n) is 19.5. The minimum Gasteiger partial charge on any atom is -0.465 e. The van der Waals surface area contributed by atoms with Gasteiger partial charge in [-0.3, -0.25) is 0 Å². The van der Waals surface area contributed by atoms with E-state index in [-0.39, 0.29) is 6.29 Å². The molecule has 30 heavy (non-hydrogen) atoms. The van der Waals surface area contributed by atoms with Gasteiger partial charge in [-0.2, -0.15) is 0 Å². The third-order valence-corrected chi connectivity index (χ3v) is 8.58. The van der Waals surface area contributed by atoms with Gasteiger partial charge in [0.05, 0.1) is 6.61 Å². The lowest BCUT2D eigenvalue weighted by Gasteiger charge is -2.34. The average molecular weight is 413 g/mol. The van der Waals surface area contributed by atoms with Gasteiger partial charge in [0, 0.05) is 5.92 Å². The van der Waals surface area contributed by atoms with Gasteiger partial charge >= 0.3 is 0 Å². The second-order valence-corrected chi connectivity index (χ2v) is 10.5. The van der Waals surface area contributed by atoms with Crippen molar-refractivity contribution in [2.24, 2.45) is 23.7 Å². The number of benzene rings is 1. The summed E-state index contributed by atoms with van der Waals surface area (Å²) in [5.41, 5.74) is 1.41. The second kappa shape index (κ2) is 11.0. The predicted octanol–water partition coefficient (Wildman–Crippen LogP) is 8.11. The van der Waals surface area contributed by atoms with Crippen molar-refractivity contribution < 1.29 is 9.47 Å². The lowest BCUT2D eigenvalue weighted by Crippen LogP contribution is -2.35. The number of hydrogen-bond donors (Lipinski definition) is 0. The maximum atomic E-state index is 6.58. The van der Waals surface area contributed by atoms with E-state index in [0.717, 1.165) is 30.1 Å². The van der Waals surface area contributed by atoms with Crippen molar-refractivity contribution in [1.82, 2.24) is 0 Å². The Kier molecular flexibility index (Phi) is 8.15. The summed E-state index contributed by atoms with van der Waals surface area (Å²) in [7, 11) is 0. The molecule has 2 heteroatoms. The van der Waals surface area contributed by atoms with Crippen LogP contribution in [-0.4, -0.2) is 12.9 Å². The Bertz CT molecular complexity index is 618. The first kappa shape index (κ1) is 22.2. The number of ether oxygens (including phenoxy) is 2. The SMILES string of the molecule is CCC(C)c1ccc(OC(OCCC2CCCCC2)C2CCC3CCCCC32)cc1. The van der Waals surface area contributed by atoms with Crippen LogP contribution >= 0.6 is 0 Å². The fourth-order valence-corrected chi connectivity index (χ4v) is 6.43. The van der Waals surface area contributed by atoms with Crippen molar-refractivity contribution in [1.29, 1.82) is 0 Å². The molecule has 1 aromatic rings. The van der Waals surface area contributed by atoms with Gasteiger partial charge < -0.3 is 9.47 Å². The van der Waals surface area contributed by atoms with Gasteiger partial charge in [-0.05, 0) is 73.5 Å². The van der Waals surface area contributed by atoms with E-state index in [4.69, 9.17) is 9.47 Å². The minimum absolute atomic E-state index is 0.0591. The molecule has 3 aliphatic carbocycles. The Labute approximate surface area is 185 Å². The van der Waals surface area contributed by atoms with Crippen molar-refractivity contribution >= 4 is 0 Å². The maximum absolute atomic E-state index is 6.58. The lowest BCUT2D eigenvalue weighted by molar-refractivity contribution is -0.131. The van der Waals surface area contributed by atoms with Crippen molar-refractivity contribution in [2.75, 3.05) is 6.61 Å². The van der Waals surface area contributed by atoms with E-state index in [1.54, 1.807) is 0 Å². The molecule has 0 radical (unpaired) electrons. The predicted molar refractivity (Wildman–Crippen MR) is 125 cm³/mol. The number of hydrogen-bond acceptors (Lipinski definition) is 2. The Morgan fingerprint density at radius 3 is 2.37 bits per heavy atom. The Morgan fingerprint density at radius 1 is 0.867 bits per heavy atom. The fraction of sp³-hybridized carbons (Fsp3) is 0.786. The monoisotopic (exact) mass is 412 g/mol. The molecule has 0 aliphatic heterocycles. The highest BCUT2D eigenvalue weighted by atomic mass is 16.7. The smallest absolute Gasteiger partial charge is 0.202 e. The van der Waals surface area contributed by atoms with Gasteiger partial charge in [0.15, 0.2) is 0 Å². The first-order chi connectivity index (χ1) is 14.7. The molecule has 5 atom stereocenters. The molecule has 168 valence electrons. The van der Waals surface area contributed by atoms with Crippen LogP contribution in [0.3, 0.4) is 0 Å². The van der Waals surface area contributed by atoms with Gasteiger partial charge in [-0.25, -0.2) is 0 Å². The molecular weight excluding hydrogens is 368 g/mol. The van der Waals surface area contributed by atoms with Crippen LogP contribution < -0.4 is 4.74 Å². The van der Waals surface area contributed by atoms with Gasteiger partial charge in [0.2, 0.25) is 6.29 Å². The summed E-state index contributed by atoms with van der Waals surface area (Å²) in [6.07, 6.45) is 17.7. The maximum Gasteiger partial charge on any atom is 0.202 e. The lowest BCUT2D eigenvalue weighted by atomic mass is 9.78. The summed E-state index contributed by atoms with van der Waals surface area (Å²) >= 11 is 0. The fourth-order valence-electron chi connectivity index (χ4n) is 6.43. The molecule has 3 saturated carbocycles. The molecule has 0 N–H and O–H groups in total. The van der Waals surface area contributed by atoms with Crippen LogP contribution in [0.25, 0.3) is 0 Å². The summed E-state index contributed by atoms with van der Waals surface area (Å²) in [4.78, 5) is 0. The highest BCUT2D eigenvalue weighted by Crippen LogP contribution is 2.48. The first-order valence-corrected chi connectivity index (χ1v) is 13.1. The molecule has 1 aromatic carbocycles. The molecule has 4 rings (SSSR count). The highest BCUT2D eigenvalue weighted by Gasteiger charge is 2.42. The van der Waals surface area contributed by atoms with E-state index in [0.29, 0.717) is 11.8 Å². The molecule has 0 spiro atoms. The van der Waals surface area contributed by atoms with Gasteiger partial charge in [-0.15, -0.1) is 0 Å². The van der Waals surface area contributed by atoms with Crippen molar-refractivity contribution in [3.63, 3.8) is 0 Å². The average Bonchev–Trinajstić information content (AvgIpc) is 3.23. The Morgan fingerprint density at radius 2 is 1.60 bits per heavy atom. The Hall–Kier alpha value is -1.02. The van der Waals surface area contributed by atoms with Gasteiger partial charge in [-0.1, -0.05) is 77.3 Å². The van der Waals surface area contributed by atoms with Crippen LogP contribution in [0.2, 0.25) is 0 Å². The van der Waals surface area contributed by atoms with Crippen LogP contribution in [0, 0.1) is 23.7 Å². The first-order valence-electron chi connectivity index (χ1n) is 13.1. The van der Waals surface area contributed by atoms with E-state index >= 15 is 0 Å². The molecule has 0 bridgehead atoms. The molecule has 0 aromatic heterocycles. The van der Waals surface area contributed by atoms with Crippen LogP contribution in [-0.2, 0) is 4.74 Å². The zero-order valence-corrected chi connectivity index (χ0v) is 19.5. The van der Waals surface area contributed by atoms with Crippen molar-refractivity contribution in [3.8, 4) is 5.75 Å². The number of rotatable bonds is 9. The summed E-state index contributed by atoms with van der Waals surface area (Å²) in [6, 6.07) is 8.85. The Balaban J connectivity index is 1.40. The van der Waals surface area contributed by atoms with E-state index < -0.39 is 0 Å². The molecule has 3 fully saturated rings. The third kappa shape index (κ3) is 5.61.